The first kappa shape index (κ1) is 19.7. The molecule has 1 aliphatic rings. The summed E-state index contributed by atoms with van der Waals surface area (Å²) in [7, 11) is 0. The number of furan rings is 1. The van der Waals surface area contributed by atoms with Crippen LogP contribution in [0, 0.1) is 20.2 Å². The Balaban J connectivity index is 1.78. The van der Waals surface area contributed by atoms with Gasteiger partial charge in [-0.2, -0.15) is 5.10 Å². The molecule has 2 heterocycles. The largest absolute Gasteiger partial charge is 0.463 e. The highest BCUT2D eigenvalue weighted by molar-refractivity contribution is 5.99. The number of nitrogens with one attached hydrogen (secondary N) is 1. The minimum absolute atomic E-state index is 0.231. The molecule has 1 aliphatic heterocycles. The maximum Gasteiger partial charge on any atom is 0.277 e. The van der Waals surface area contributed by atoms with Crippen LogP contribution in [0.25, 0.3) is 0 Å². The molecule has 0 bridgehead atoms. The lowest BCUT2D eigenvalue weighted by atomic mass is 10.1. The number of hydrogen-bond acceptors (Lipinski definition) is 8. The third kappa shape index (κ3) is 4.43. The van der Waals surface area contributed by atoms with Crippen molar-refractivity contribution in [1.82, 2.24) is 10.3 Å². The second kappa shape index (κ2) is 8.29. The van der Waals surface area contributed by atoms with Gasteiger partial charge in [0.2, 0.25) is 0 Å². The van der Waals surface area contributed by atoms with Crippen molar-refractivity contribution < 1.29 is 23.9 Å². The average Bonchev–Trinajstić information content (AvgIpc) is 3.38. The summed E-state index contributed by atoms with van der Waals surface area (Å²) in [5.74, 6) is -0.823. The van der Waals surface area contributed by atoms with Crippen LogP contribution in [0.3, 0.4) is 0 Å². The summed E-state index contributed by atoms with van der Waals surface area (Å²) >= 11 is 0. The molecule has 0 unspecified atom stereocenters. The molecule has 0 aliphatic carbocycles. The SMILES string of the molecule is O=C(N/N=C\c1ccco1)[C@H]1CCCN1C(=O)c1cc([N+](=O)[O-])cc([N+](=O)[O-])c1. The quantitative estimate of drug-likeness (QED) is 0.439. The third-order valence-corrected chi connectivity index (χ3v) is 4.30. The summed E-state index contributed by atoms with van der Waals surface area (Å²) in [5.41, 5.74) is 0.931. The summed E-state index contributed by atoms with van der Waals surface area (Å²) in [4.78, 5) is 46.9. The van der Waals surface area contributed by atoms with Crippen molar-refractivity contribution in [3.63, 3.8) is 0 Å². The second-order valence-corrected chi connectivity index (χ2v) is 6.16. The van der Waals surface area contributed by atoms with Gasteiger partial charge in [-0.15, -0.1) is 0 Å². The molecule has 29 heavy (non-hydrogen) atoms. The van der Waals surface area contributed by atoms with Gasteiger partial charge < -0.3 is 9.32 Å². The Labute approximate surface area is 163 Å². The van der Waals surface area contributed by atoms with Gasteiger partial charge in [0.05, 0.1) is 34.0 Å². The van der Waals surface area contributed by atoms with Crippen LogP contribution in [0.1, 0.15) is 29.0 Å². The van der Waals surface area contributed by atoms with Crippen molar-refractivity contribution in [1.29, 1.82) is 0 Å². The predicted molar refractivity (Wildman–Crippen MR) is 98.3 cm³/mol. The number of carbonyl (C=O) groups excluding carboxylic acids is 2. The number of nitro benzene ring substituents is 2. The number of amides is 2. The highest BCUT2D eigenvalue weighted by atomic mass is 16.6. The van der Waals surface area contributed by atoms with Crippen molar-refractivity contribution in [3.05, 3.63) is 68.1 Å². The van der Waals surface area contributed by atoms with Gasteiger partial charge in [0, 0.05) is 18.7 Å². The molecular weight excluding hydrogens is 386 g/mol. The Morgan fingerprint density at radius 1 is 1.21 bits per heavy atom. The monoisotopic (exact) mass is 401 g/mol. The van der Waals surface area contributed by atoms with Gasteiger partial charge in [-0.25, -0.2) is 5.43 Å². The van der Waals surface area contributed by atoms with E-state index in [9.17, 15) is 29.8 Å². The maximum atomic E-state index is 12.8. The number of benzene rings is 1. The van der Waals surface area contributed by atoms with Gasteiger partial charge in [-0.3, -0.25) is 29.8 Å². The Hall–Kier alpha value is -4.09. The minimum atomic E-state index is -0.852. The fourth-order valence-electron chi connectivity index (χ4n) is 2.98. The first-order valence-electron chi connectivity index (χ1n) is 8.48. The van der Waals surface area contributed by atoms with Crippen molar-refractivity contribution in [2.24, 2.45) is 5.10 Å². The van der Waals surface area contributed by atoms with E-state index < -0.39 is 39.1 Å². The van der Waals surface area contributed by atoms with Crippen molar-refractivity contribution in [3.8, 4) is 0 Å². The van der Waals surface area contributed by atoms with Crippen molar-refractivity contribution >= 4 is 29.4 Å². The highest BCUT2D eigenvalue weighted by Gasteiger charge is 2.35. The predicted octanol–water partition coefficient (Wildman–Crippen LogP) is 1.85. The fraction of sp³-hybridized carbons (Fsp3) is 0.235. The van der Waals surface area contributed by atoms with Crippen molar-refractivity contribution in [2.75, 3.05) is 6.54 Å². The summed E-state index contributed by atoms with van der Waals surface area (Å²) in [6.45, 7) is 0.231. The molecule has 1 aromatic heterocycles. The summed E-state index contributed by atoms with van der Waals surface area (Å²) in [6, 6.07) is 5.12. The number of hydrazone groups is 1. The summed E-state index contributed by atoms with van der Waals surface area (Å²) in [6.07, 6.45) is 3.63. The lowest BCUT2D eigenvalue weighted by Crippen LogP contribution is -2.44. The zero-order valence-corrected chi connectivity index (χ0v) is 14.9. The van der Waals surface area contributed by atoms with Crippen LogP contribution < -0.4 is 5.43 Å². The van der Waals surface area contributed by atoms with Crippen LogP contribution in [0.5, 0.6) is 0 Å². The van der Waals surface area contributed by atoms with Crippen LogP contribution >= 0.6 is 0 Å². The Kier molecular flexibility index (Phi) is 5.62. The smallest absolute Gasteiger partial charge is 0.277 e. The standard InChI is InChI=1S/C17H15N5O7/c23-16(19-18-10-14-3-2-6-29-14)15-4-1-5-20(15)17(24)11-7-12(21(25)26)9-13(8-11)22(27)28/h2-3,6-10,15H,1,4-5H2,(H,19,23)/b18-10-/t15-/m1/s1. The lowest BCUT2D eigenvalue weighted by molar-refractivity contribution is -0.394. The van der Waals surface area contributed by atoms with Gasteiger partial charge in [-0.05, 0) is 25.0 Å². The van der Waals surface area contributed by atoms with Crippen LogP contribution in [-0.2, 0) is 4.79 Å². The van der Waals surface area contributed by atoms with Crippen LogP contribution in [0.2, 0.25) is 0 Å². The molecule has 1 aromatic carbocycles. The first-order chi connectivity index (χ1) is 13.9. The number of likely N-dealkylation sites (tertiary alicyclic amines) is 1. The van der Waals surface area contributed by atoms with Gasteiger partial charge in [0.25, 0.3) is 23.2 Å². The molecule has 0 saturated carbocycles. The zero-order valence-electron chi connectivity index (χ0n) is 14.9. The zero-order chi connectivity index (χ0) is 21.0. The van der Waals surface area contributed by atoms with Gasteiger partial charge in [0.1, 0.15) is 11.8 Å². The van der Waals surface area contributed by atoms with E-state index in [1.807, 2.05) is 0 Å². The van der Waals surface area contributed by atoms with Gasteiger partial charge in [0.15, 0.2) is 0 Å². The average molecular weight is 401 g/mol. The summed E-state index contributed by atoms with van der Waals surface area (Å²) in [5, 5.41) is 25.8. The van der Waals surface area contributed by atoms with E-state index in [4.69, 9.17) is 4.42 Å². The molecular formula is C17H15N5O7. The molecule has 12 nitrogen and oxygen atoms in total. The van der Waals surface area contributed by atoms with E-state index in [1.54, 1.807) is 12.1 Å². The number of rotatable bonds is 6. The Morgan fingerprint density at radius 2 is 1.90 bits per heavy atom. The minimum Gasteiger partial charge on any atom is -0.463 e. The molecule has 1 N–H and O–H groups in total. The van der Waals surface area contributed by atoms with E-state index in [-0.39, 0.29) is 12.1 Å². The number of hydrogen-bond donors (Lipinski definition) is 1. The van der Waals surface area contributed by atoms with E-state index in [0.29, 0.717) is 18.6 Å². The lowest BCUT2D eigenvalue weighted by Gasteiger charge is -2.23. The number of nitrogens with zero attached hydrogens (tertiary/aromatic N) is 4. The Bertz CT molecular complexity index is 954. The normalized spacial score (nSPS) is 16.1. The molecule has 1 atom stereocenters. The highest BCUT2D eigenvalue weighted by Crippen LogP contribution is 2.26. The molecule has 0 spiro atoms. The fourth-order valence-corrected chi connectivity index (χ4v) is 2.98. The van der Waals surface area contributed by atoms with Gasteiger partial charge in [-0.1, -0.05) is 0 Å². The maximum absolute atomic E-state index is 12.8. The molecule has 150 valence electrons. The molecule has 2 aromatic rings. The second-order valence-electron chi connectivity index (χ2n) is 6.16. The summed E-state index contributed by atoms with van der Waals surface area (Å²) < 4.78 is 5.04. The van der Waals surface area contributed by atoms with Crippen LogP contribution in [0.4, 0.5) is 11.4 Å². The molecule has 1 saturated heterocycles. The van der Waals surface area contributed by atoms with Crippen molar-refractivity contribution in [2.45, 2.75) is 18.9 Å². The molecule has 1 fully saturated rings. The molecule has 12 heteroatoms. The van der Waals surface area contributed by atoms with E-state index in [0.717, 1.165) is 18.2 Å². The third-order valence-electron chi connectivity index (χ3n) is 4.30. The van der Waals surface area contributed by atoms with E-state index in [1.165, 1.54) is 17.4 Å². The molecule has 2 amide bonds. The first-order valence-corrected chi connectivity index (χ1v) is 8.48. The van der Waals surface area contributed by atoms with E-state index in [2.05, 4.69) is 10.5 Å². The number of carbonyl (C=O) groups is 2. The Morgan fingerprint density at radius 3 is 2.48 bits per heavy atom. The van der Waals surface area contributed by atoms with E-state index >= 15 is 0 Å². The molecule has 3 rings (SSSR count). The van der Waals surface area contributed by atoms with Crippen LogP contribution in [0.15, 0.2) is 46.1 Å². The van der Waals surface area contributed by atoms with Crippen LogP contribution in [-0.4, -0.2) is 45.4 Å². The topological polar surface area (TPSA) is 161 Å². The number of nitro groups is 2. The van der Waals surface area contributed by atoms with Gasteiger partial charge >= 0.3 is 0 Å². The molecule has 0 radical (unpaired) electrons. The number of non-ortho nitro benzene ring substituents is 2.